The summed E-state index contributed by atoms with van der Waals surface area (Å²) in [4.78, 5) is 13.8. The molecule has 5 aliphatic rings. The first-order valence-electron chi connectivity index (χ1n) is 9.73. The quantitative estimate of drug-likeness (QED) is 0.827. The lowest BCUT2D eigenvalue weighted by Gasteiger charge is -2.57. The van der Waals surface area contributed by atoms with Gasteiger partial charge in [-0.15, -0.1) is 0 Å². The van der Waals surface area contributed by atoms with E-state index in [1.807, 2.05) is 0 Å². The van der Waals surface area contributed by atoms with Crippen molar-refractivity contribution in [1.82, 2.24) is 0 Å². The van der Waals surface area contributed by atoms with Crippen molar-refractivity contribution in [3.8, 4) is 0 Å². The Kier molecular flexibility index (Phi) is 3.60. The van der Waals surface area contributed by atoms with Gasteiger partial charge in [-0.25, -0.2) is 4.79 Å². The number of carbonyl (C=O) groups is 1. The summed E-state index contributed by atoms with van der Waals surface area (Å²) in [5, 5.41) is 0. The molecule has 1 aromatic rings. The van der Waals surface area contributed by atoms with E-state index >= 15 is 0 Å². The standard InChI is InChI=1S/C21H27NO3/c1-24-13-19-12-22(20(23)25-19)18-4-2-17(3-5-18)21-9-14-6-15(10-21)8-16(7-14)11-21/h2-5,14-16,19H,6-13H2,1H3/t14?,15?,16?,19-,21?/m0/s1. The molecule has 6 rings (SSSR count). The molecule has 0 N–H and O–H groups in total. The average molecular weight is 341 g/mol. The Morgan fingerprint density at radius 3 is 2.24 bits per heavy atom. The van der Waals surface area contributed by atoms with E-state index in [0.29, 0.717) is 18.6 Å². The summed E-state index contributed by atoms with van der Waals surface area (Å²) in [7, 11) is 1.64. The molecule has 1 atom stereocenters. The molecule has 4 aliphatic carbocycles. The van der Waals surface area contributed by atoms with Crippen molar-refractivity contribution in [1.29, 1.82) is 0 Å². The summed E-state index contributed by atoms with van der Waals surface area (Å²) in [5.74, 6) is 2.86. The molecule has 25 heavy (non-hydrogen) atoms. The number of methoxy groups -OCH3 is 1. The number of hydrogen-bond acceptors (Lipinski definition) is 3. The van der Waals surface area contributed by atoms with Crippen LogP contribution in [0.25, 0.3) is 0 Å². The Labute approximate surface area is 149 Å². The monoisotopic (exact) mass is 341 g/mol. The van der Waals surface area contributed by atoms with Gasteiger partial charge in [-0.3, -0.25) is 4.90 Å². The first-order valence-corrected chi connectivity index (χ1v) is 9.73. The molecule has 4 bridgehead atoms. The number of benzene rings is 1. The molecule has 0 aromatic heterocycles. The molecular formula is C21H27NO3. The van der Waals surface area contributed by atoms with Crippen LogP contribution < -0.4 is 4.90 Å². The second kappa shape index (κ2) is 5.73. The molecule has 4 heteroatoms. The third-order valence-corrected chi connectivity index (χ3v) is 7.06. The topological polar surface area (TPSA) is 38.8 Å². The average Bonchev–Trinajstić information content (AvgIpc) is 2.95. The fraction of sp³-hybridized carbons (Fsp3) is 0.667. The van der Waals surface area contributed by atoms with Crippen LogP contribution in [0.15, 0.2) is 24.3 Å². The van der Waals surface area contributed by atoms with E-state index in [2.05, 4.69) is 24.3 Å². The van der Waals surface area contributed by atoms with Crippen molar-refractivity contribution < 1.29 is 14.3 Å². The zero-order valence-corrected chi connectivity index (χ0v) is 14.9. The highest BCUT2D eigenvalue weighted by Gasteiger charge is 2.51. The highest BCUT2D eigenvalue weighted by atomic mass is 16.6. The number of ether oxygens (including phenoxy) is 2. The Morgan fingerprint density at radius 2 is 1.68 bits per heavy atom. The van der Waals surface area contributed by atoms with Gasteiger partial charge in [-0.1, -0.05) is 12.1 Å². The van der Waals surface area contributed by atoms with Crippen molar-refractivity contribution in [2.45, 2.75) is 50.0 Å². The molecule has 0 radical (unpaired) electrons. The molecule has 4 nitrogen and oxygen atoms in total. The second-order valence-electron chi connectivity index (χ2n) is 8.82. The molecule has 4 saturated carbocycles. The maximum atomic E-state index is 12.1. The first kappa shape index (κ1) is 15.7. The third-order valence-electron chi connectivity index (χ3n) is 7.06. The number of anilines is 1. The van der Waals surface area contributed by atoms with Crippen molar-refractivity contribution in [3.63, 3.8) is 0 Å². The smallest absolute Gasteiger partial charge is 0.414 e. The van der Waals surface area contributed by atoms with E-state index in [4.69, 9.17) is 9.47 Å². The van der Waals surface area contributed by atoms with Gasteiger partial charge >= 0.3 is 6.09 Å². The van der Waals surface area contributed by atoms with Gasteiger partial charge in [0.25, 0.3) is 0 Å². The van der Waals surface area contributed by atoms with E-state index in [1.54, 1.807) is 12.0 Å². The van der Waals surface area contributed by atoms with Gasteiger partial charge in [-0.2, -0.15) is 0 Å². The molecule has 1 amide bonds. The number of rotatable bonds is 4. The van der Waals surface area contributed by atoms with Crippen LogP contribution in [0.2, 0.25) is 0 Å². The van der Waals surface area contributed by atoms with E-state index in [1.165, 1.54) is 44.1 Å². The molecule has 134 valence electrons. The summed E-state index contributed by atoms with van der Waals surface area (Å²) in [6.07, 6.45) is 8.11. The Morgan fingerprint density at radius 1 is 1.08 bits per heavy atom. The van der Waals surface area contributed by atoms with Gasteiger partial charge in [0.1, 0.15) is 6.10 Å². The molecule has 1 aliphatic heterocycles. The van der Waals surface area contributed by atoms with Crippen molar-refractivity contribution in [3.05, 3.63) is 29.8 Å². The Balaban J connectivity index is 1.37. The summed E-state index contributed by atoms with van der Waals surface area (Å²) < 4.78 is 10.5. The van der Waals surface area contributed by atoms with Gasteiger partial charge in [0.05, 0.1) is 13.2 Å². The lowest BCUT2D eigenvalue weighted by Crippen LogP contribution is -2.48. The lowest BCUT2D eigenvalue weighted by atomic mass is 9.48. The van der Waals surface area contributed by atoms with Crippen LogP contribution in [0.5, 0.6) is 0 Å². The SMILES string of the molecule is COC[C@@H]1CN(c2ccc(C34CC5CC(CC(C5)C3)C4)cc2)C(=O)O1. The van der Waals surface area contributed by atoms with Gasteiger partial charge in [0, 0.05) is 12.8 Å². The predicted molar refractivity (Wildman–Crippen MR) is 95.8 cm³/mol. The second-order valence-corrected chi connectivity index (χ2v) is 8.82. The summed E-state index contributed by atoms with van der Waals surface area (Å²) >= 11 is 0. The van der Waals surface area contributed by atoms with Gasteiger partial charge in [0.2, 0.25) is 0 Å². The zero-order valence-electron chi connectivity index (χ0n) is 14.9. The van der Waals surface area contributed by atoms with Crippen LogP contribution >= 0.6 is 0 Å². The fourth-order valence-electron chi connectivity index (χ4n) is 6.46. The molecular weight excluding hydrogens is 314 g/mol. The van der Waals surface area contributed by atoms with Crippen molar-refractivity contribution >= 4 is 11.8 Å². The number of carbonyl (C=O) groups excluding carboxylic acids is 1. The first-order chi connectivity index (χ1) is 12.1. The maximum Gasteiger partial charge on any atom is 0.414 e. The number of nitrogens with zero attached hydrogens (tertiary/aromatic N) is 1. The zero-order chi connectivity index (χ0) is 17.0. The number of hydrogen-bond donors (Lipinski definition) is 0. The van der Waals surface area contributed by atoms with E-state index in [9.17, 15) is 4.79 Å². The molecule has 1 saturated heterocycles. The largest absolute Gasteiger partial charge is 0.441 e. The van der Waals surface area contributed by atoms with Crippen LogP contribution in [0, 0.1) is 17.8 Å². The Bertz CT molecular complexity index is 633. The van der Waals surface area contributed by atoms with Crippen molar-refractivity contribution in [2.75, 3.05) is 25.2 Å². The Hall–Kier alpha value is -1.55. The van der Waals surface area contributed by atoms with Gasteiger partial charge < -0.3 is 9.47 Å². The minimum absolute atomic E-state index is 0.166. The highest BCUT2D eigenvalue weighted by Crippen LogP contribution is 2.60. The van der Waals surface area contributed by atoms with Gasteiger partial charge in [0.15, 0.2) is 0 Å². The van der Waals surface area contributed by atoms with Crippen molar-refractivity contribution in [2.24, 2.45) is 17.8 Å². The molecule has 5 fully saturated rings. The summed E-state index contributed by atoms with van der Waals surface area (Å²) in [5.41, 5.74) is 2.85. The molecule has 0 spiro atoms. The normalized spacial score (nSPS) is 39.1. The van der Waals surface area contributed by atoms with Crippen LogP contribution in [0.1, 0.15) is 44.1 Å². The highest BCUT2D eigenvalue weighted by molar-refractivity contribution is 5.89. The fourth-order valence-corrected chi connectivity index (χ4v) is 6.46. The van der Waals surface area contributed by atoms with E-state index in [0.717, 1.165) is 23.4 Å². The minimum atomic E-state index is -0.260. The third kappa shape index (κ3) is 2.57. The van der Waals surface area contributed by atoms with E-state index < -0.39 is 0 Å². The number of amides is 1. The van der Waals surface area contributed by atoms with Crippen LogP contribution in [-0.4, -0.2) is 32.5 Å². The van der Waals surface area contributed by atoms with Crippen LogP contribution in [0.3, 0.4) is 0 Å². The molecule has 1 heterocycles. The predicted octanol–water partition coefficient (Wildman–Crippen LogP) is 4.13. The van der Waals surface area contributed by atoms with Crippen LogP contribution in [-0.2, 0) is 14.9 Å². The molecule has 0 unspecified atom stereocenters. The molecule has 1 aromatic carbocycles. The summed E-state index contributed by atoms with van der Waals surface area (Å²) in [6, 6.07) is 8.79. The van der Waals surface area contributed by atoms with E-state index in [-0.39, 0.29) is 12.2 Å². The number of cyclic esters (lactones) is 1. The maximum absolute atomic E-state index is 12.1. The summed E-state index contributed by atoms with van der Waals surface area (Å²) in [6.45, 7) is 1.02. The van der Waals surface area contributed by atoms with Crippen LogP contribution in [0.4, 0.5) is 10.5 Å². The lowest BCUT2D eigenvalue weighted by molar-refractivity contribution is -0.00518. The van der Waals surface area contributed by atoms with Gasteiger partial charge in [-0.05, 0) is 79.4 Å². The minimum Gasteiger partial charge on any atom is -0.441 e.